The maximum absolute atomic E-state index is 4.34. The lowest BCUT2D eigenvalue weighted by molar-refractivity contribution is 0.641. The molecule has 2 heterocycles. The fourth-order valence-corrected chi connectivity index (χ4v) is 3.01. The quantitative estimate of drug-likeness (QED) is 0.545. The van der Waals surface area contributed by atoms with Crippen LogP contribution in [0.1, 0.15) is 18.1 Å². The van der Waals surface area contributed by atoms with Gasteiger partial charge in [-0.2, -0.15) is 0 Å². The van der Waals surface area contributed by atoms with E-state index in [0.29, 0.717) is 0 Å². The molecule has 0 N–H and O–H groups in total. The van der Waals surface area contributed by atoms with Gasteiger partial charge in [0.25, 0.3) is 0 Å². The summed E-state index contributed by atoms with van der Waals surface area (Å²) in [7, 11) is 0. The maximum atomic E-state index is 4.34. The van der Waals surface area contributed by atoms with Crippen molar-refractivity contribution < 1.29 is 0 Å². The zero-order valence-corrected chi connectivity index (χ0v) is 12.3. The number of fused-ring (bicyclic) bond motifs is 1. The van der Waals surface area contributed by atoms with Crippen LogP contribution in [-0.4, -0.2) is 25.0 Å². The van der Waals surface area contributed by atoms with Gasteiger partial charge in [0.05, 0.1) is 0 Å². The molecule has 0 aliphatic heterocycles. The van der Waals surface area contributed by atoms with Gasteiger partial charge in [-0.15, -0.1) is 5.10 Å². The second-order valence-electron chi connectivity index (χ2n) is 4.47. The third-order valence-corrected chi connectivity index (χ3v) is 4.22. The molecule has 102 valence electrons. The molecule has 1 aromatic carbocycles. The first-order valence-electron chi connectivity index (χ1n) is 6.51. The van der Waals surface area contributed by atoms with E-state index < -0.39 is 0 Å². The van der Waals surface area contributed by atoms with Crippen molar-refractivity contribution in [3.63, 3.8) is 0 Å². The standard InChI is InChI=1S/C14H15N5S/c1-3-19-13-12(17-18-19)14(16-9-15-13)20-8-11-7-5-4-6-10(11)2/h4-7,9H,3,8H2,1-2H3. The molecule has 0 atom stereocenters. The molecular weight excluding hydrogens is 270 g/mol. The SMILES string of the molecule is CCn1nnc2c(SCc3ccccc3C)ncnc21. The van der Waals surface area contributed by atoms with Crippen molar-refractivity contribution in [3.8, 4) is 0 Å². The van der Waals surface area contributed by atoms with Crippen molar-refractivity contribution in [2.75, 3.05) is 0 Å². The fourth-order valence-electron chi connectivity index (χ4n) is 2.01. The summed E-state index contributed by atoms with van der Waals surface area (Å²) in [6.07, 6.45) is 1.58. The lowest BCUT2D eigenvalue weighted by Crippen LogP contribution is -1.97. The van der Waals surface area contributed by atoms with Crippen molar-refractivity contribution in [2.24, 2.45) is 0 Å². The van der Waals surface area contributed by atoms with E-state index in [2.05, 4.69) is 51.5 Å². The molecule has 0 fully saturated rings. The zero-order valence-electron chi connectivity index (χ0n) is 11.4. The van der Waals surface area contributed by atoms with E-state index in [0.717, 1.165) is 28.5 Å². The van der Waals surface area contributed by atoms with Gasteiger partial charge in [0, 0.05) is 12.3 Å². The molecular formula is C14H15N5S. The van der Waals surface area contributed by atoms with Crippen molar-refractivity contribution in [1.82, 2.24) is 25.0 Å². The molecule has 0 bridgehead atoms. The number of aryl methyl sites for hydroxylation is 2. The van der Waals surface area contributed by atoms with Crippen LogP contribution in [0.5, 0.6) is 0 Å². The monoisotopic (exact) mass is 285 g/mol. The summed E-state index contributed by atoms with van der Waals surface area (Å²) in [6, 6.07) is 8.38. The lowest BCUT2D eigenvalue weighted by atomic mass is 10.1. The van der Waals surface area contributed by atoms with Gasteiger partial charge in [0.15, 0.2) is 11.2 Å². The van der Waals surface area contributed by atoms with E-state index in [1.807, 2.05) is 6.92 Å². The molecule has 2 aromatic heterocycles. The van der Waals surface area contributed by atoms with Crippen molar-refractivity contribution in [2.45, 2.75) is 31.2 Å². The van der Waals surface area contributed by atoms with E-state index in [1.165, 1.54) is 11.1 Å². The van der Waals surface area contributed by atoms with Crippen LogP contribution in [0.25, 0.3) is 11.2 Å². The highest BCUT2D eigenvalue weighted by Gasteiger charge is 2.11. The zero-order chi connectivity index (χ0) is 13.9. The minimum absolute atomic E-state index is 0.759. The topological polar surface area (TPSA) is 56.5 Å². The van der Waals surface area contributed by atoms with Crippen molar-refractivity contribution >= 4 is 22.9 Å². The maximum Gasteiger partial charge on any atom is 0.182 e. The molecule has 3 rings (SSSR count). The minimum Gasteiger partial charge on any atom is -0.227 e. The third-order valence-electron chi connectivity index (χ3n) is 3.19. The van der Waals surface area contributed by atoms with Crippen LogP contribution in [0.3, 0.4) is 0 Å². The largest absolute Gasteiger partial charge is 0.227 e. The first-order chi connectivity index (χ1) is 9.79. The summed E-state index contributed by atoms with van der Waals surface area (Å²) in [4.78, 5) is 8.59. The predicted molar refractivity (Wildman–Crippen MR) is 79.5 cm³/mol. The molecule has 6 heteroatoms. The Balaban J connectivity index is 1.88. The highest BCUT2D eigenvalue weighted by Crippen LogP contribution is 2.26. The molecule has 0 spiro atoms. The summed E-state index contributed by atoms with van der Waals surface area (Å²) in [5, 5.41) is 9.18. The highest BCUT2D eigenvalue weighted by molar-refractivity contribution is 7.98. The minimum atomic E-state index is 0.759. The molecule has 5 nitrogen and oxygen atoms in total. The van der Waals surface area contributed by atoms with Crippen LogP contribution in [0.4, 0.5) is 0 Å². The van der Waals surface area contributed by atoms with Crippen LogP contribution in [0.15, 0.2) is 35.6 Å². The number of thioether (sulfide) groups is 1. The molecule has 20 heavy (non-hydrogen) atoms. The molecule has 0 aliphatic rings. The molecule has 0 saturated carbocycles. The number of aromatic nitrogens is 5. The van der Waals surface area contributed by atoms with Gasteiger partial charge in [-0.25, -0.2) is 14.6 Å². The predicted octanol–water partition coefficient (Wildman–Crippen LogP) is 2.84. The summed E-state index contributed by atoms with van der Waals surface area (Å²) in [6.45, 7) is 4.91. The summed E-state index contributed by atoms with van der Waals surface area (Å²) >= 11 is 1.67. The Morgan fingerprint density at radius 3 is 2.85 bits per heavy atom. The molecule has 0 saturated heterocycles. The van der Waals surface area contributed by atoms with E-state index in [4.69, 9.17) is 0 Å². The average molecular weight is 285 g/mol. The molecule has 0 radical (unpaired) electrons. The average Bonchev–Trinajstić information content (AvgIpc) is 2.90. The normalized spacial score (nSPS) is 11.1. The molecule has 0 amide bonds. The number of hydrogen-bond donors (Lipinski definition) is 0. The van der Waals surface area contributed by atoms with E-state index in [9.17, 15) is 0 Å². The number of benzene rings is 1. The second kappa shape index (κ2) is 5.58. The lowest BCUT2D eigenvalue weighted by Gasteiger charge is -2.04. The van der Waals surface area contributed by atoms with Crippen LogP contribution in [0.2, 0.25) is 0 Å². The van der Waals surface area contributed by atoms with Crippen LogP contribution in [-0.2, 0) is 12.3 Å². The van der Waals surface area contributed by atoms with Crippen LogP contribution in [0, 0.1) is 6.92 Å². The van der Waals surface area contributed by atoms with Crippen molar-refractivity contribution in [1.29, 1.82) is 0 Å². The second-order valence-corrected chi connectivity index (χ2v) is 5.44. The van der Waals surface area contributed by atoms with Crippen molar-refractivity contribution in [3.05, 3.63) is 41.7 Å². The summed E-state index contributed by atoms with van der Waals surface area (Å²) in [5.41, 5.74) is 4.19. The summed E-state index contributed by atoms with van der Waals surface area (Å²) < 4.78 is 1.79. The Hall–Kier alpha value is -1.95. The Labute approximate surface area is 121 Å². The Morgan fingerprint density at radius 1 is 1.20 bits per heavy atom. The van der Waals surface area contributed by atoms with Gasteiger partial charge in [0.2, 0.25) is 0 Å². The molecule has 3 aromatic rings. The molecule has 0 unspecified atom stereocenters. The van der Waals surface area contributed by atoms with Gasteiger partial charge in [-0.05, 0) is 25.0 Å². The first-order valence-corrected chi connectivity index (χ1v) is 7.49. The van der Waals surface area contributed by atoms with E-state index in [-0.39, 0.29) is 0 Å². The van der Waals surface area contributed by atoms with Crippen LogP contribution < -0.4 is 0 Å². The van der Waals surface area contributed by atoms with E-state index >= 15 is 0 Å². The number of nitrogens with zero attached hydrogens (tertiary/aromatic N) is 5. The number of rotatable bonds is 4. The van der Waals surface area contributed by atoms with Crippen LogP contribution >= 0.6 is 11.8 Å². The van der Waals surface area contributed by atoms with E-state index in [1.54, 1.807) is 22.8 Å². The van der Waals surface area contributed by atoms with Gasteiger partial charge >= 0.3 is 0 Å². The fraction of sp³-hybridized carbons (Fsp3) is 0.286. The number of hydrogen-bond acceptors (Lipinski definition) is 5. The summed E-state index contributed by atoms with van der Waals surface area (Å²) in [5.74, 6) is 0.873. The van der Waals surface area contributed by atoms with Gasteiger partial charge in [-0.1, -0.05) is 41.2 Å². The smallest absolute Gasteiger partial charge is 0.182 e. The first kappa shape index (κ1) is 13.1. The van der Waals surface area contributed by atoms with Gasteiger partial charge in [0.1, 0.15) is 11.4 Å². The van der Waals surface area contributed by atoms with Gasteiger partial charge in [-0.3, -0.25) is 0 Å². The third kappa shape index (κ3) is 2.38. The molecule has 0 aliphatic carbocycles. The Kier molecular flexibility index (Phi) is 3.64. The van der Waals surface area contributed by atoms with Gasteiger partial charge < -0.3 is 0 Å². The highest BCUT2D eigenvalue weighted by atomic mass is 32.2. The Morgan fingerprint density at radius 2 is 2.05 bits per heavy atom. The Bertz CT molecular complexity index is 737.